The van der Waals surface area contributed by atoms with Crippen LogP contribution in [0.4, 0.5) is 0 Å². The highest BCUT2D eigenvalue weighted by molar-refractivity contribution is 7.12. The Bertz CT molecular complexity index is 533. The first-order chi connectivity index (χ1) is 8.05. The van der Waals surface area contributed by atoms with E-state index in [1.807, 2.05) is 6.92 Å². The predicted octanol–water partition coefficient (Wildman–Crippen LogP) is 2.38. The summed E-state index contributed by atoms with van der Waals surface area (Å²) in [5.74, 6) is -1.26. The molecule has 0 bridgehead atoms. The highest BCUT2D eigenvalue weighted by Gasteiger charge is 2.41. The average molecular weight is 248 g/mol. The molecule has 1 atom stereocenters. The number of hydrogen-bond donors (Lipinski definition) is 2. The summed E-state index contributed by atoms with van der Waals surface area (Å²) < 4.78 is 0. The van der Waals surface area contributed by atoms with Gasteiger partial charge in [0.2, 0.25) is 5.60 Å². The van der Waals surface area contributed by atoms with Crippen molar-refractivity contribution in [3.63, 3.8) is 0 Å². The number of rotatable bonds is 3. The van der Waals surface area contributed by atoms with Crippen LogP contribution in [0.3, 0.4) is 0 Å². The van der Waals surface area contributed by atoms with Crippen molar-refractivity contribution in [1.82, 2.24) is 0 Å². The number of aliphatic hydroxyl groups is 1. The van der Waals surface area contributed by atoms with Crippen LogP contribution in [0.2, 0.25) is 0 Å². The molecule has 0 amide bonds. The molecule has 3 nitrogen and oxygen atoms in total. The Balaban J connectivity index is 2.58. The number of thiophene rings is 1. The lowest BCUT2D eigenvalue weighted by Crippen LogP contribution is -2.35. The fourth-order valence-corrected chi connectivity index (χ4v) is 2.65. The maximum Gasteiger partial charge on any atom is 0.346 e. The molecule has 4 heteroatoms. The number of hydrogen-bond acceptors (Lipinski definition) is 3. The van der Waals surface area contributed by atoms with Gasteiger partial charge >= 0.3 is 5.97 Å². The Morgan fingerprint density at radius 2 is 1.82 bits per heavy atom. The normalized spacial score (nSPS) is 14.2. The van der Waals surface area contributed by atoms with Crippen molar-refractivity contribution in [2.45, 2.75) is 12.5 Å². The molecule has 17 heavy (non-hydrogen) atoms. The molecule has 88 valence electrons. The number of benzene rings is 1. The molecular weight excluding hydrogens is 236 g/mol. The maximum atomic E-state index is 11.4. The van der Waals surface area contributed by atoms with Gasteiger partial charge in [0, 0.05) is 10.4 Å². The molecule has 0 radical (unpaired) electrons. The highest BCUT2D eigenvalue weighted by Crippen LogP contribution is 2.34. The molecule has 0 saturated heterocycles. The molecule has 0 fully saturated rings. The van der Waals surface area contributed by atoms with Crippen LogP contribution in [-0.4, -0.2) is 16.2 Å². The topological polar surface area (TPSA) is 57.5 Å². The minimum Gasteiger partial charge on any atom is -0.479 e. The zero-order valence-electron chi connectivity index (χ0n) is 9.25. The Morgan fingerprint density at radius 1 is 1.18 bits per heavy atom. The predicted molar refractivity (Wildman–Crippen MR) is 66.1 cm³/mol. The van der Waals surface area contributed by atoms with Crippen LogP contribution in [0.1, 0.15) is 15.3 Å². The minimum absolute atomic E-state index is 0.370. The first-order valence-electron chi connectivity index (χ1n) is 5.13. The fourth-order valence-electron chi connectivity index (χ4n) is 1.68. The molecule has 1 heterocycles. The van der Waals surface area contributed by atoms with Crippen LogP contribution in [0.25, 0.3) is 0 Å². The average Bonchev–Trinajstić information content (AvgIpc) is 2.76. The van der Waals surface area contributed by atoms with Crippen molar-refractivity contribution < 1.29 is 15.0 Å². The van der Waals surface area contributed by atoms with Crippen molar-refractivity contribution in [3.8, 4) is 0 Å². The van der Waals surface area contributed by atoms with Crippen LogP contribution < -0.4 is 0 Å². The van der Waals surface area contributed by atoms with Gasteiger partial charge in [0.25, 0.3) is 0 Å². The van der Waals surface area contributed by atoms with Gasteiger partial charge in [-0.15, -0.1) is 11.3 Å². The quantitative estimate of drug-likeness (QED) is 0.876. The fraction of sp³-hybridized carbons (Fsp3) is 0.154. The smallest absolute Gasteiger partial charge is 0.346 e. The summed E-state index contributed by atoms with van der Waals surface area (Å²) in [5, 5.41) is 19.8. The summed E-state index contributed by atoms with van der Waals surface area (Å²) in [7, 11) is 0. The lowest BCUT2D eigenvalue weighted by atomic mass is 9.92. The molecule has 1 unspecified atom stereocenters. The number of carbonyl (C=O) groups is 1. The van der Waals surface area contributed by atoms with Crippen LogP contribution in [-0.2, 0) is 10.4 Å². The van der Waals surface area contributed by atoms with E-state index in [9.17, 15) is 15.0 Å². The Kier molecular flexibility index (Phi) is 3.00. The summed E-state index contributed by atoms with van der Waals surface area (Å²) in [5.41, 5.74) is -1.59. The number of carboxylic acids is 1. The number of aryl methyl sites for hydroxylation is 1. The van der Waals surface area contributed by atoms with Gasteiger partial charge in [0.15, 0.2) is 0 Å². The van der Waals surface area contributed by atoms with Crippen molar-refractivity contribution in [1.29, 1.82) is 0 Å². The second-order valence-electron chi connectivity index (χ2n) is 3.79. The van der Waals surface area contributed by atoms with E-state index in [1.165, 1.54) is 11.3 Å². The summed E-state index contributed by atoms with van der Waals surface area (Å²) in [4.78, 5) is 12.8. The molecule has 2 rings (SSSR count). The third kappa shape index (κ3) is 1.97. The molecule has 0 aliphatic heterocycles. The monoisotopic (exact) mass is 248 g/mol. The second kappa shape index (κ2) is 4.31. The van der Waals surface area contributed by atoms with Crippen LogP contribution in [0, 0.1) is 6.92 Å². The summed E-state index contributed by atoms with van der Waals surface area (Å²) in [6, 6.07) is 11.9. The van der Waals surface area contributed by atoms with Crippen molar-refractivity contribution in [3.05, 3.63) is 57.8 Å². The zero-order valence-corrected chi connectivity index (χ0v) is 10.1. The van der Waals surface area contributed by atoms with E-state index in [2.05, 4.69) is 0 Å². The molecule has 0 saturated carbocycles. The van der Waals surface area contributed by atoms with Gasteiger partial charge in [-0.25, -0.2) is 4.79 Å². The Labute approximate surface area is 103 Å². The number of carboxylic acid groups (broad SMARTS) is 1. The second-order valence-corrected chi connectivity index (χ2v) is 5.08. The summed E-state index contributed by atoms with van der Waals surface area (Å²) >= 11 is 1.29. The van der Waals surface area contributed by atoms with E-state index in [-0.39, 0.29) is 0 Å². The molecule has 0 spiro atoms. The third-order valence-corrected chi connectivity index (χ3v) is 3.71. The molecule has 2 aromatic rings. The van der Waals surface area contributed by atoms with Crippen LogP contribution >= 0.6 is 11.3 Å². The van der Waals surface area contributed by atoms with Gasteiger partial charge in [-0.3, -0.25) is 0 Å². The van der Waals surface area contributed by atoms with Gasteiger partial charge in [-0.05, 0) is 19.1 Å². The lowest BCUT2D eigenvalue weighted by molar-refractivity contribution is -0.154. The molecule has 0 aliphatic carbocycles. The zero-order chi connectivity index (χ0) is 12.5. The first-order valence-corrected chi connectivity index (χ1v) is 5.95. The van der Waals surface area contributed by atoms with E-state index in [0.717, 1.165) is 4.88 Å². The van der Waals surface area contributed by atoms with E-state index in [1.54, 1.807) is 42.5 Å². The van der Waals surface area contributed by atoms with Crippen molar-refractivity contribution in [2.24, 2.45) is 0 Å². The molecular formula is C13H12O3S. The number of aliphatic carboxylic acids is 1. The van der Waals surface area contributed by atoms with Gasteiger partial charge < -0.3 is 10.2 Å². The largest absolute Gasteiger partial charge is 0.479 e. The van der Waals surface area contributed by atoms with Crippen molar-refractivity contribution >= 4 is 17.3 Å². The van der Waals surface area contributed by atoms with E-state index in [4.69, 9.17) is 0 Å². The lowest BCUT2D eigenvalue weighted by Gasteiger charge is -2.22. The molecule has 2 N–H and O–H groups in total. The summed E-state index contributed by atoms with van der Waals surface area (Å²) in [6.45, 7) is 1.88. The highest BCUT2D eigenvalue weighted by atomic mass is 32.1. The van der Waals surface area contributed by atoms with E-state index >= 15 is 0 Å². The first kappa shape index (κ1) is 11.8. The standard InChI is InChI=1S/C13H12O3S/c1-9-7-8-11(17-9)13(16,12(14)15)10-5-3-2-4-6-10/h2-8,16H,1H3,(H,14,15). The van der Waals surface area contributed by atoms with Crippen molar-refractivity contribution in [2.75, 3.05) is 0 Å². The van der Waals surface area contributed by atoms with Gasteiger partial charge in [0.05, 0.1) is 4.88 Å². The molecule has 1 aromatic carbocycles. The maximum absolute atomic E-state index is 11.4. The molecule has 0 aliphatic rings. The summed E-state index contributed by atoms with van der Waals surface area (Å²) in [6.07, 6.45) is 0. The van der Waals surface area contributed by atoms with Gasteiger partial charge in [-0.1, -0.05) is 30.3 Å². The van der Waals surface area contributed by atoms with E-state index < -0.39 is 11.6 Å². The Hall–Kier alpha value is -1.65. The molecule has 1 aromatic heterocycles. The Morgan fingerprint density at radius 3 is 2.29 bits per heavy atom. The van der Waals surface area contributed by atoms with Crippen LogP contribution in [0.15, 0.2) is 42.5 Å². The third-order valence-electron chi connectivity index (χ3n) is 2.60. The minimum atomic E-state index is -1.96. The van der Waals surface area contributed by atoms with Gasteiger partial charge in [0.1, 0.15) is 0 Å². The van der Waals surface area contributed by atoms with E-state index in [0.29, 0.717) is 10.4 Å². The van der Waals surface area contributed by atoms with Gasteiger partial charge in [-0.2, -0.15) is 0 Å². The SMILES string of the molecule is Cc1ccc(C(O)(C(=O)O)c2ccccc2)s1. The van der Waals surface area contributed by atoms with Crippen LogP contribution in [0.5, 0.6) is 0 Å².